The third-order valence-electron chi connectivity index (χ3n) is 4.52. The van der Waals surface area contributed by atoms with Crippen molar-refractivity contribution in [2.75, 3.05) is 0 Å². The van der Waals surface area contributed by atoms with Gasteiger partial charge < -0.3 is 18.0 Å². The maximum atomic E-state index is 12.9. The molecule has 1 aromatic rings. The highest BCUT2D eigenvalue weighted by atomic mass is 28.4. The first kappa shape index (κ1) is 28.7. The summed E-state index contributed by atoms with van der Waals surface area (Å²) >= 11 is 0. The van der Waals surface area contributed by atoms with Crippen molar-refractivity contribution < 1.29 is 18.4 Å². The first-order chi connectivity index (χ1) is 14.2. The third-order valence-corrected chi connectivity index (χ3v) is 10.0. The van der Waals surface area contributed by atoms with E-state index in [9.17, 15) is 9.59 Å². The maximum Gasteiger partial charge on any atom is 0.388 e. The van der Waals surface area contributed by atoms with E-state index in [4.69, 9.17) is 8.85 Å². The van der Waals surface area contributed by atoms with Crippen LogP contribution in [0.4, 0.5) is 9.59 Å². The molecule has 1 rings (SSSR count). The summed E-state index contributed by atoms with van der Waals surface area (Å²) in [5, 5.41) is 0. The van der Waals surface area contributed by atoms with Crippen molar-refractivity contribution in [2.24, 2.45) is 0 Å². The Balaban J connectivity index is 3.15. The van der Waals surface area contributed by atoms with Gasteiger partial charge in [0.1, 0.15) is 0 Å². The minimum absolute atomic E-state index is 0.212. The van der Waals surface area contributed by atoms with E-state index in [0.717, 1.165) is 11.1 Å². The van der Waals surface area contributed by atoms with Crippen LogP contribution in [0.5, 0.6) is 0 Å². The molecule has 0 spiro atoms. The number of hydrogen-bond acceptors (Lipinski definition) is 4. The molecule has 0 aromatic heterocycles. The van der Waals surface area contributed by atoms with Gasteiger partial charge in [-0.1, -0.05) is 63.5 Å². The van der Waals surface area contributed by atoms with Crippen LogP contribution in [0.1, 0.15) is 11.1 Å². The Hall–Kier alpha value is -1.37. The molecule has 1 aromatic carbocycles. The number of rotatable bonds is 8. The van der Waals surface area contributed by atoms with Gasteiger partial charge in [0.15, 0.2) is 16.5 Å². The molecule has 0 heterocycles. The fourth-order valence-electron chi connectivity index (χ4n) is 2.98. The lowest BCUT2D eigenvalue weighted by molar-refractivity contribution is 0.172. The molecule has 32 heavy (non-hydrogen) atoms. The van der Waals surface area contributed by atoms with Crippen molar-refractivity contribution in [2.45, 2.75) is 91.7 Å². The van der Waals surface area contributed by atoms with E-state index in [0.29, 0.717) is 13.1 Å². The van der Waals surface area contributed by atoms with Crippen molar-refractivity contribution in [3.8, 4) is 0 Å². The van der Waals surface area contributed by atoms with E-state index >= 15 is 0 Å². The Morgan fingerprint density at radius 3 is 1.22 bits per heavy atom. The van der Waals surface area contributed by atoms with Gasteiger partial charge in [-0.2, -0.15) is 0 Å². The van der Waals surface area contributed by atoms with Gasteiger partial charge in [0, 0.05) is 13.1 Å². The van der Waals surface area contributed by atoms with Crippen LogP contribution < -0.4 is 0 Å². The molecular formula is C22H44N2O4Si4. The monoisotopic (exact) mass is 512 g/mol. The zero-order valence-corrected chi connectivity index (χ0v) is 26.3. The minimum Gasteiger partial charge on any atom is -0.505 e. The topological polar surface area (TPSA) is 59.1 Å². The molecule has 0 unspecified atom stereocenters. The van der Waals surface area contributed by atoms with Crippen molar-refractivity contribution in [3.63, 3.8) is 0 Å². The molecule has 0 saturated heterocycles. The Morgan fingerprint density at radius 1 is 0.656 bits per heavy atom. The standard InChI is InChI=1S/C22H44N2O4Si4/c1-29(2,3)23(21(25)27-31(7,8)9)17-19-14-13-15-20(16-19)18-24(30(4,5)6)22(26)28-32(10,11)12/h13-16H,17-18H2,1-12H3. The van der Waals surface area contributed by atoms with Crippen LogP contribution in [0.2, 0.25) is 78.6 Å². The smallest absolute Gasteiger partial charge is 0.388 e. The van der Waals surface area contributed by atoms with Crippen LogP contribution in [0.25, 0.3) is 0 Å². The second kappa shape index (κ2) is 10.3. The summed E-state index contributed by atoms with van der Waals surface area (Å²) in [4.78, 5) is 25.9. The van der Waals surface area contributed by atoms with Crippen molar-refractivity contribution in [1.82, 2.24) is 9.13 Å². The maximum absolute atomic E-state index is 12.9. The highest BCUT2D eigenvalue weighted by Gasteiger charge is 2.34. The largest absolute Gasteiger partial charge is 0.505 e. The average molecular weight is 513 g/mol. The van der Waals surface area contributed by atoms with Crippen molar-refractivity contribution in [3.05, 3.63) is 35.4 Å². The predicted molar refractivity (Wildman–Crippen MR) is 144 cm³/mol. The molecule has 0 aliphatic heterocycles. The van der Waals surface area contributed by atoms with Crippen LogP contribution in [0, 0.1) is 0 Å². The first-order valence-electron chi connectivity index (χ1n) is 11.3. The Kier molecular flexibility index (Phi) is 9.20. The van der Waals surface area contributed by atoms with E-state index in [1.165, 1.54) is 0 Å². The second-order valence-corrected chi connectivity index (χ2v) is 30.9. The van der Waals surface area contributed by atoms with Crippen molar-refractivity contribution >= 4 is 45.3 Å². The molecule has 0 radical (unpaired) electrons. The summed E-state index contributed by atoms with van der Waals surface area (Å²) in [7, 11) is -7.87. The normalized spacial score (nSPS) is 12.9. The van der Waals surface area contributed by atoms with Crippen LogP contribution in [-0.2, 0) is 21.9 Å². The molecule has 0 fully saturated rings. The van der Waals surface area contributed by atoms with Crippen LogP contribution in [0.3, 0.4) is 0 Å². The van der Waals surface area contributed by atoms with Gasteiger partial charge >= 0.3 is 12.2 Å². The number of carbonyl (C=O) groups excluding carboxylic acids is 2. The summed E-state index contributed by atoms with van der Waals surface area (Å²) in [5.74, 6) is 0. The van der Waals surface area contributed by atoms with Crippen LogP contribution in [0.15, 0.2) is 24.3 Å². The van der Waals surface area contributed by atoms with Gasteiger partial charge in [0.25, 0.3) is 0 Å². The molecule has 0 bridgehead atoms. The highest BCUT2D eigenvalue weighted by Crippen LogP contribution is 2.22. The minimum atomic E-state index is -1.98. The second-order valence-electron chi connectivity index (χ2n) is 12.3. The van der Waals surface area contributed by atoms with Crippen LogP contribution in [-0.4, -0.2) is 54.4 Å². The van der Waals surface area contributed by atoms with Gasteiger partial charge in [-0.3, -0.25) is 0 Å². The molecule has 10 heteroatoms. The Bertz CT molecular complexity index is 743. The summed E-state index contributed by atoms with van der Waals surface area (Å²) in [5.41, 5.74) is 2.10. The summed E-state index contributed by atoms with van der Waals surface area (Å²) < 4.78 is 15.5. The Morgan fingerprint density at radius 2 is 0.969 bits per heavy atom. The van der Waals surface area contributed by atoms with Gasteiger partial charge in [-0.15, -0.1) is 0 Å². The quantitative estimate of drug-likeness (QED) is 0.355. The van der Waals surface area contributed by atoms with E-state index in [1.807, 2.05) is 66.6 Å². The number of carbonyl (C=O) groups is 2. The lowest BCUT2D eigenvalue weighted by Crippen LogP contribution is -2.52. The Labute approximate surface area is 199 Å². The highest BCUT2D eigenvalue weighted by molar-refractivity contribution is 6.77. The van der Waals surface area contributed by atoms with E-state index < -0.39 is 33.1 Å². The molecular weight excluding hydrogens is 469 g/mol. The number of amides is 2. The molecule has 0 atom stereocenters. The SMILES string of the molecule is C[Si](C)(C)OC(=O)N(Cc1cccc(CN(C(=O)O[Si](C)(C)C)[Si](C)(C)C)c1)[Si](C)(C)C. The third kappa shape index (κ3) is 10.1. The van der Waals surface area contributed by atoms with Crippen molar-refractivity contribution in [1.29, 1.82) is 0 Å². The molecule has 6 nitrogen and oxygen atoms in total. The predicted octanol–water partition coefficient (Wildman–Crippen LogP) is 6.90. The molecule has 0 aliphatic carbocycles. The summed E-state index contributed by atoms with van der Waals surface area (Å²) in [6.45, 7) is 26.1. The van der Waals surface area contributed by atoms with E-state index in [1.54, 1.807) is 0 Å². The van der Waals surface area contributed by atoms with Gasteiger partial charge in [-0.05, 0) is 50.4 Å². The van der Waals surface area contributed by atoms with Gasteiger partial charge in [-0.25, -0.2) is 9.59 Å². The zero-order valence-electron chi connectivity index (χ0n) is 22.3. The van der Waals surface area contributed by atoms with E-state index in [-0.39, 0.29) is 12.2 Å². The molecule has 0 N–H and O–H groups in total. The first-order valence-corrected chi connectivity index (χ1v) is 25.0. The summed E-state index contributed by atoms with van der Waals surface area (Å²) in [6, 6.07) is 8.18. The average Bonchev–Trinajstić information content (AvgIpc) is 2.52. The lowest BCUT2D eigenvalue weighted by atomic mass is 10.1. The molecule has 182 valence electrons. The number of benzene rings is 1. The molecule has 0 saturated carbocycles. The zero-order chi connectivity index (χ0) is 25.1. The molecule has 2 amide bonds. The fourth-order valence-corrected chi connectivity index (χ4v) is 6.93. The van der Waals surface area contributed by atoms with Gasteiger partial charge in [0.05, 0.1) is 0 Å². The summed E-state index contributed by atoms with van der Waals surface area (Å²) in [6.07, 6.45) is -0.424. The van der Waals surface area contributed by atoms with Gasteiger partial charge in [0.2, 0.25) is 16.6 Å². The van der Waals surface area contributed by atoms with Crippen LogP contribution >= 0.6 is 0 Å². The van der Waals surface area contributed by atoms with E-state index in [2.05, 4.69) is 45.3 Å². The lowest BCUT2D eigenvalue weighted by Gasteiger charge is -2.36. The fraction of sp³-hybridized carbons (Fsp3) is 0.636. The molecule has 0 aliphatic rings. The number of hydrogen-bond donors (Lipinski definition) is 0. The number of nitrogens with zero attached hydrogens (tertiary/aromatic N) is 2.